The molecule has 4 rings (SSSR count). The summed E-state index contributed by atoms with van der Waals surface area (Å²) >= 11 is 0. The summed E-state index contributed by atoms with van der Waals surface area (Å²) in [6.07, 6.45) is 6.12. The number of aromatic nitrogens is 2. The first-order valence-electron chi connectivity index (χ1n) is 9.31. The maximum Gasteiger partial charge on any atom is 0.321 e. The van der Waals surface area contributed by atoms with E-state index in [0.717, 1.165) is 29.7 Å². The molecular formula is C20H24N4O3. The molecule has 1 saturated carbocycles. The molecule has 27 heavy (non-hydrogen) atoms. The predicted molar refractivity (Wildman–Crippen MR) is 101 cm³/mol. The molecule has 2 N–H and O–H groups in total. The Balaban J connectivity index is 1.57. The minimum absolute atomic E-state index is 0.0477. The lowest BCUT2D eigenvalue weighted by Gasteiger charge is -2.23. The van der Waals surface area contributed by atoms with E-state index in [4.69, 9.17) is 0 Å². The second kappa shape index (κ2) is 6.40. The molecule has 2 aromatic rings. The van der Waals surface area contributed by atoms with E-state index >= 15 is 0 Å². The zero-order chi connectivity index (χ0) is 19.2. The Bertz CT molecular complexity index is 906. The van der Waals surface area contributed by atoms with E-state index in [-0.39, 0.29) is 18.5 Å². The number of benzene rings is 1. The minimum Gasteiger partial charge on any atom is -0.481 e. The van der Waals surface area contributed by atoms with Gasteiger partial charge in [0.25, 0.3) is 0 Å². The predicted octanol–water partition coefficient (Wildman–Crippen LogP) is 3.21. The summed E-state index contributed by atoms with van der Waals surface area (Å²) in [6, 6.07) is 5.56. The summed E-state index contributed by atoms with van der Waals surface area (Å²) in [5.74, 6) is -0.727. The molecule has 0 radical (unpaired) electrons. The van der Waals surface area contributed by atoms with Gasteiger partial charge in [0.15, 0.2) is 0 Å². The highest BCUT2D eigenvalue weighted by molar-refractivity contribution is 5.92. The Morgan fingerprint density at radius 1 is 1.30 bits per heavy atom. The molecule has 1 aliphatic carbocycles. The number of hydrogen-bond acceptors (Lipinski definition) is 3. The fourth-order valence-electron chi connectivity index (χ4n) is 4.48. The topological polar surface area (TPSA) is 87.5 Å². The Labute approximate surface area is 158 Å². The highest BCUT2D eigenvalue weighted by Gasteiger charge is 2.55. The number of nitrogens with one attached hydrogen (secondary N) is 1. The Morgan fingerprint density at radius 3 is 2.78 bits per heavy atom. The van der Waals surface area contributed by atoms with Crippen molar-refractivity contribution < 1.29 is 14.7 Å². The van der Waals surface area contributed by atoms with E-state index < -0.39 is 11.4 Å². The third-order valence-electron chi connectivity index (χ3n) is 5.94. The van der Waals surface area contributed by atoms with E-state index in [1.54, 1.807) is 15.8 Å². The van der Waals surface area contributed by atoms with Gasteiger partial charge in [-0.1, -0.05) is 12.5 Å². The number of aliphatic carboxylic acids is 1. The quantitative estimate of drug-likeness (QED) is 0.871. The molecule has 0 bridgehead atoms. The van der Waals surface area contributed by atoms with E-state index in [1.807, 2.05) is 38.2 Å². The molecule has 2 heterocycles. The van der Waals surface area contributed by atoms with Crippen molar-refractivity contribution in [3.05, 3.63) is 41.7 Å². The van der Waals surface area contributed by atoms with Crippen LogP contribution in [0.15, 0.2) is 30.6 Å². The van der Waals surface area contributed by atoms with Gasteiger partial charge in [0.1, 0.15) is 0 Å². The molecule has 142 valence electrons. The second-order valence-electron chi connectivity index (χ2n) is 7.84. The van der Waals surface area contributed by atoms with Gasteiger partial charge in [0.05, 0.1) is 23.0 Å². The van der Waals surface area contributed by atoms with Gasteiger partial charge in [0, 0.05) is 19.3 Å². The van der Waals surface area contributed by atoms with Crippen molar-refractivity contribution in [2.45, 2.75) is 33.1 Å². The van der Waals surface area contributed by atoms with Crippen LogP contribution in [0.5, 0.6) is 0 Å². The van der Waals surface area contributed by atoms with Crippen LogP contribution in [0.1, 0.15) is 30.4 Å². The summed E-state index contributed by atoms with van der Waals surface area (Å²) in [4.78, 5) is 26.4. The number of carboxylic acid groups (broad SMARTS) is 1. The summed E-state index contributed by atoms with van der Waals surface area (Å²) in [6.45, 7) is 4.71. The van der Waals surface area contributed by atoms with Crippen LogP contribution in [-0.2, 0) is 4.79 Å². The van der Waals surface area contributed by atoms with Crippen molar-refractivity contribution in [3.8, 4) is 5.69 Å². The molecule has 1 aromatic heterocycles. The largest absolute Gasteiger partial charge is 0.481 e. The molecule has 2 atom stereocenters. The Morgan fingerprint density at radius 2 is 2.11 bits per heavy atom. The number of amides is 2. The lowest BCUT2D eigenvalue weighted by Crippen LogP contribution is -2.38. The molecular weight excluding hydrogens is 344 g/mol. The number of urea groups is 1. The number of aryl methyl sites for hydroxylation is 2. The fraction of sp³-hybridized carbons (Fsp3) is 0.450. The third-order valence-corrected chi connectivity index (χ3v) is 5.94. The molecule has 7 nitrogen and oxygen atoms in total. The average Bonchev–Trinajstić information content (AvgIpc) is 3.28. The molecule has 2 aliphatic rings. The van der Waals surface area contributed by atoms with Crippen LogP contribution >= 0.6 is 0 Å². The van der Waals surface area contributed by atoms with Crippen LogP contribution in [-0.4, -0.2) is 44.9 Å². The number of nitrogens with zero attached hydrogens (tertiary/aromatic N) is 3. The zero-order valence-corrected chi connectivity index (χ0v) is 15.6. The molecule has 1 saturated heterocycles. The molecule has 0 spiro atoms. The summed E-state index contributed by atoms with van der Waals surface area (Å²) in [5.41, 5.74) is 2.74. The van der Waals surface area contributed by atoms with E-state index in [1.165, 1.54) is 0 Å². The van der Waals surface area contributed by atoms with Gasteiger partial charge in [0.2, 0.25) is 0 Å². The van der Waals surface area contributed by atoms with Crippen molar-refractivity contribution in [2.24, 2.45) is 11.3 Å². The van der Waals surface area contributed by atoms with Crippen molar-refractivity contribution >= 4 is 17.7 Å². The molecule has 2 amide bonds. The molecule has 7 heteroatoms. The van der Waals surface area contributed by atoms with Gasteiger partial charge >= 0.3 is 12.0 Å². The van der Waals surface area contributed by atoms with Crippen LogP contribution in [0.2, 0.25) is 0 Å². The van der Waals surface area contributed by atoms with Gasteiger partial charge in [-0.3, -0.25) is 4.79 Å². The van der Waals surface area contributed by atoms with Crippen molar-refractivity contribution in [2.75, 3.05) is 18.4 Å². The van der Waals surface area contributed by atoms with Crippen LogP contribution in [0.4, 0.5) is 10.5 Å². The van der Waals surface area contributed by atoms with Crippen LogP contribution in [0, 0.1) is 25.2 Å². The molecule has 0 unspecified atom stereocenters. The Kier molecular flexibility index (Phi) is 4.17. The smallest absolute Gasteiger partial charge is 0.321 e. The summed E-state index contributed by atoms with van der Waals surface area (Å²) in [5, 5.41) is 17.0. The molecule has 1 aliphatic heterocycles. The van der Waals surface area contributed by atoms with Crippen LogP contribution < -0.4 is 5.32 Å². The number of likely N-dealkylation sites (tertiary alicyclic amines) is 1. The maximum atomic E-state index is 12.9. The van der Waals surface area contributed by atoms with Gasteiger partial charge in [-0.25, -0.2) is 9.48 Å². The number of carbonyl (C=O) groups excluding carboxylic acids is 1. The SMILES string of the molecule is Cc1ccc(-n2cc(C)cn2)c(NC(=O)N2C[C@@H]3CCC[C@@]3(C(=O)O)C2)c1. The number of fused-ring (bicyclic) bond motifs is 1. The van der Waals surface area contributed by atoms with Crippen LogP contribution in [0.3, 0.4) is 0 Å². The number of hydrogen-bond donors (Lipinski definition) is 2. The van der Waals surface area contributed by atoms with Gasteiger partial charge in [-0.2, -0.15) is 5.10 Å². The number of carbonyl (C=O) groups is 2. The first-order valence-corrected chi connectivity index (χ1v) is 9.31. The van der Waals surface area contributed by atoms with E-state index in [2.05, 4.69) is 10.4 Å². The molecule has 1 aromatic carbocycles. The standard InChI is InChI=1S/C20H24N4O3/c1-13-5-6-17(24-10-14(2)9-21-24)16(8-13)22-19(27)23-11-15-4-3-7-20(15,12-23)18(25)26/h5-6,8-10,15H,3-4,7,11-12H2,1-2H3,(H,22,27)(H,25,26)/t15-,20+/m0/s1. The first-order chi connectivity index (χ1) is 12.9. The van der Waals surface area contributed by atoms with Crippen molar-refractivity contribution in [1.82, 2.24) is 14.7 Å². The van der Waals surface area contributed by atoms with Crippen LogP contribution in [0.25, 0.3) is 5.69 Å². The van der Waals surface area contributed by atoms with Crippen molar-refractivity contribution in [3.63, 3.8) is 0 Å². The minimum atomic E-state index is -0.774. The first kappa shape index (κ1) is 17.6. The lowest BCUT2D eigenvalue weighted by molar-refractivity contribution is -0.149. The number of anilines is 1. The highest BCUT2D eigenvalue weighted by Crippen LogP contribution is 2.49. The van der Waals surface area contributed by atoms with E-state index in [9.17, 15) is 14.7 Å². The number of carboxylic acids is 1. The van der Waals surface area contributed by atoms with Crippen molar-refractivity contribution in [1.29, 1.82) is 0 Å². The zero-order valence-electron chi connectivity index (χ0n) is 15.6. The lowest BCUT2D eigenvalue weighted by atomic mass is 9.81. The third kappa shape index (κ3) is 2.97. The highest BCUT2D eigenvalue weighted by atomic mass is 16.4. The van der Waals surface area contributed by atoms with Gasteiger partial charge in [-0.15, -0.1) is 0 Å². The van der Waals surface area contributed by atoms with Gasteiger partial charge in [-0.05, 0) is 55.9 Å². The maximum absolute atomic E-state index is 12.9. The molecule has 2 fully saturated rings. The second-order valence-corrected chi connectivity index (χ2v) is 7.84. The Hall–Kier alpha value is -2.83. The average molecular weight is 368 g/mol. The summed E-state index contributed by atoms with van der Waals surface area (Å²) < 4.78 is 1.74. The van der Waals surface area contributed by atoms with Gasteiger partial charge < -0.3 is 15.3 Å². The van der Waals surface area contributed by atoms with E-state index in [0.29, 0.717) is 18.7 Å². The monoisotopic (exact) mass is 368 g/mol. The summed E-state index contributed by atoms with van der Waals surface area (Å²) in [7, 11) is 0. The fourth-order valence-corrected chi connectivity index (χ4v) is 4.48. The normalized spacial score (nSPS) is 24.1. The number of rotatable bonds is 3.